The van der Waals surface area contributed by atoms with Gasteiger partial charge in [-0.3, -0.25) is 9.59 Å². The van der Waals surface area contributed by atoms with Crippen LogP contribution < -0.4 is 0 Å². The Morgan fingerprint density at radius 1 is 0.962 bits per heavy atom. The molecular weight excluding hydrogens is 326 g/mol. The maximum Gasteiger partial charge on any atom is 0.223 e. The molecule has 1 fully saturated rings. The second kappa shape index (κ2) is 8.77. The predicted octanol–water partition coefficient (Wildman–Crippen LogP) is 3.23. The topological polar surface area (TPSA) is 57.6 Å². The van der Waals surface area contributed by atoms with Gasteiger partial charge >= 0.3 is 0 Å². The largest absolute Gasteiger partial charge is 0.392 e. The van der Waals surface area contributed by atoms with Gasteiger partial charge in [-0.1, -0.05) is 54.6 Å². The Hall–Kier alpha value is -2.46. The monoisotopic (exact) mass is 351 g/mol. The minimum atomic E-state index is 0.0265. The van der Waals surface area contributed by atoms with Crippen molar-refractivity contribution in [3.63, 3.8) is 0 Å². The van der Waals surface area contributed by atoms with E-state index in [-0.39, 0.29) is 31.1 Å². The van der Waals surface area contributed by atoms with Crippen LogP contribution in [-0.4, -0.2) is 34.8 Å². The minimum absolute atomic E-state index is 0.0265. The molecule has 1 heterocycles. The number of hydrogen-bond acceptors (Lipinski definition) is 3. The number of ketones is 1. The van der Waals surface area contributed by atoms with E-state index in [2.05, 4.69) is 12.1 Å². The van der Waals surface area contributed by atoms with E-state index in [0.717, 1.165) is 31.5 Å². The van der Waals surface area contributed by atoms with Crippen LogP contribution >= 0.6 is 0 Å². The standard InChI is InChI=1S/C22H25NO3/c24-16-18-8-6-17(7-9-18)14-19-12-13-23(15-19)22(26)11-10-21(25)20-4-2-1-3-5-20/h1-9,19,24H,10-16H2/t19-/m0/s1. The fraction of sp³-hybridized carbons (Fsp3) is 0.364. The van der Waals surface area contributed by atoms with E-state index in [9.17, 15) is 9.59 Å². The van der Waals surface area contributed by atoms with Gasteiger partial charge in [-0.2, -0.15) is 0 Å². The van der Waals surface area contributed by atoms with Crippen molar-refractivity contribution in [2.75, 3.05) is 13.1 Å². The molecule has 136 valence electrons. The van der Waals surface area contributed by atoms with Gasteiger partial charge in [0.25, 0.3) is 0 Å². The van der Waals surface area contributed by atoms with Crippen LogP contribution in [0.15, 0.2) is 54.6 Å². The molecule has 4 heteroatoms. The SMILES string of the molecule is O=C(CCC(=O)N1CC[C@@H](Cc2ccc(CO)cc2)C1)c1ccccc1. The fourth-order valence-electron chi connectivity index (χ4n) is 3.49. The van der Waals surface area contributed by atoms with E-state index < -0.39 is 0 Å². The van der Waals surface area contributed by atoms with Crippen LogP contribution in [0.2, 0.25) is 0 Å². The molecule has 0 bridgehead atoms. The summed E-state index contributed by atoms with van der Waals surface area (Å²) in [6.45, 7) is 1.60. The molecule has 4 nitrogen and oxygen atoms in total. The highest BCUT2D eigenvalue weighted by Gasteiger charge is 2.26. The zero-order valence-corrected chi connectivity index (χ0v) is 14.9. The first-order valence-electron chi connectivity index (χ1n) is 9.20. The summed E-state index contributed by atoms with van der Waals surface area (Å²) in [7, 11) is 0. The van der Waals surface area contributed by atoms with Crippen LogP contribution in [0.5, 0.6) is 0 Å². The van der Waals surface area contributed by atoms with Gasteiger partial charge in [-0.25, -0.2) is 0 Å². The Labute approximate surface area is 154 Å². The van der Waals surface area contributed by atoms with Gasteiger partial charge in [0, 0.05) is 31.5 Å². The zero-order valence-electron chi connectivity index (χ0n) is 14.9. The molecule has 0 aromatic heterocycles. The first-order valence-corrected chi connectivity index (χ1v) is 9.20. The Balaban J connectivity index is 1.45. The molecule has 3 rings (SSSR count). The van der Waals surface area contributed by atoms with E-state index in [0.29, 0.717) is 11.5 Å². The van der Waals surface area contributed by atoms with Crippen molar-refractivity contribution >= 4 is 11.7 Å². The number of carbonyl (C=O) groups excluding carboxylic acids is 2. The quantitative estimate of drug-likeness (QED) is 0.779. The van der Waals surface area contributed by atoms with Gasteiger partial charge in [-0.15, -0.1) is 0 Å². The number of carbonyl (C=O) groups is 2. The number of aliphatic hydroxyl groups excluding tert-OH is 1. The van der Waals surface area contributed by atoms with E-state index in [4.69, 9.17) is 5.11 Å². The zero-order chi connectivity index (χ0) is 18.4. The summed E-state index contributed by atoms with van der Waals surface area (Å²) >= 11 is 0. The summed E-state index contributed by atoms with van der Waals surface area (Å²) in [6.07, 6.45) is 2.50. The number of aliphatic hydroxyl groups is 1. The van der Waals surface area contributed by atoms with Gasteiger partial charge in [-0.05, 0) is 29.9 Å². The second-order valence-corrected chi connectivity index (χ2v) is 6.96. The molecule has 2 aromatic carbocycles. The van der Waals surface area contributed by atoms with Gasteiger partial charge < -0.3 is 10.0 Å². The highest BCUT2D eigenvalue weighted by Crippen LogP contribution is 2.22. The van der Waals surface area contributed by atoms with Crippen molar-refractivity contribution in [2.45, 2.75) is 32.3 Å². The lowest BCUT2D eigenvalue weighted by atomic mass is 9.98. The molecule has 1 saturated heterocycles. The Kier molecular flexibility index (Phi) is 6.18. The van der Waals surface area contributed by atoms with Gasteiger partial charge in [0.05, 0.1) is 6.61 Å². The summed E-state index contributed by atoms with van der Waals surface area (Å²) < 4.78 is 0. The molecular formula is C22H25NO3. The average molecular weight is 351 g/mol. The third kappa shape index (κ3) is 4.79. The molecule has 0 unspecified atom stereocenters. The number of likely N-dealkylation sites (tertiary alicyclic amines) is 1. The number of nitrogens with zero attached hydrogens (tertiary/aromatic N) is 1. The molecule has 26 heavy (non-hydrogen) atoms. The molecule has 0 spiro atoms. The smallest absolute Gasteiger partial charge is 0.223 e. The molecule has 1 aliphatic rings. The van der Waals surface area contributed by atoms with Crippen molar-refractivity contribution in [1.82, 2.24) is 4.90 Å². The van der Waals surface area contributed by atoms with Crippen molar-refractivity contribution in [1.29, 1.82) is 0 Å². The van der Waals surface area contributed by atoms with Crippen LogP contribution in [-0.2, 0) is 17.8 Å². The van der Waals surface area contributed by atoms with E-state index in [1.54, 1.807) is 12.1 Å². The lowest BCUT2D eigenvalue weighted by molar-refractivity contribution is -0.130. The molecule has 1 amide bonds. The van der Waals surface area contributed by atoms with E-state index in [1.165, 1.54) is 5.56 Å². The molecule has 0 saturated carbocycles. The highest BCUT2D eigenvalue weighted by molar-refractivity contribution is 5.97. The average Bonchev–Trinajstić information content (AvgIpc) is 3.15. The first kappa shape index (κ1) is 18.3. The summed E-state index contributed by atoms with van der Waals surface area (Å²) in [6, 6.07) is 17.1. The molecule has 0 radical (unpaired) electrons. The minimum Gasteiger partial charge on any atom is -0.392 e. The summed E-state index contributed by atoms with van der Waals surface area (Å²) in [4.78, 5) is 26.4. The van der Waals surface area contributed by atoms with E-state index in [1.807, 2.05) is 35.2 Å². The number of benzene rings is 2. The highest BCUT2D eigenvalue weighted by atomic mass is 16.3. The lowest BCUT2D eigenvalue weighted by Gasteiger charge is -2.16. The van der Waals surface area contributed by atoms with Crippen LogP contribution in [0, 0.1) is 5.92 Å². The number of amides is 1. The van der Waals surface area contributed by atoms with Crippen LogP contribution in [0.25, 0.3) is 0 Å². The first-order chi connectivity index (χ1) is 12.7. The maximum atomic E-state index is 12.4. The van der Waals surface area contributed by atoms with Crippen molar-refractivity contribution in [2.24, 2.45) is 5.92 Å². The third-order valence-electron chi connectivity index (χ3n) is 5.03. The van der Waals surface area contributed by atoms with Gasteiger partial charge in [0.15, 0.2) is 5.78 Å². The van der Waals surface area contributed by atoms with Crippen LogP contribution in [0.1, 0.15) is 40.7 Å². The van der Waals surface area contributed by atoms with Crippen LogP contribution in [0.4, 0.5) is 0 Å². The molecule has 2 aromatic rings. The molecule has 1 N–H and O–H groups in total. The molecule has 1 atom stereocenters. The van der Waals surface area contributed by atoms with Gasteiger partial charge in [0.2, 0.25) is 5.91 Å². The van der Waals surface area contributed by atoms with E-state index >= 15 is 0 Å². The van der Waals surface area contributed by atoms with Crippen LogP contribution in [0.3, 0.4) is 0 Å². The summed E-state index contributed by atoms with van der Waals surface area (Å²) in [5, 5.41) is 9.10. The third-order valence-corrected chi connectivity index (χ3v) is 5.03. The number of hydrogen-bond donors (Lipinski definition) is 1. The number of Topliss-reactive ketones (excluding diaryl/α,β-unsaturated/α-hetero) is 1. The molecule has 0 aliphatic carbocycles. The maximum absolute atomic E-state index is 12.4. The van der Waals surface area contributed by atoms with Gasteiger partial charge in [0.1, 0.15) is 0 Å². The van der Waals surface area contributed by atoms with Crippen molar-refractivity contribution in [3.05, 3.63) is 71.3 Å². The Morgan fingerprint density at radius 3 is 2.35 bits per heavy atom. The molecule has 1 aliphatic heterocycles. The van der Waals surface area contributed by atoms with Crippen molar-refractivity contribution in [3.8, 4) is 0 Å². The predicted molar refractivity (Wildman–Crippen MR) is 101 cm³/mol. The number of rotatable bonds is 7. The normalized spacial score (nSPS) is 16.7. The summed E-state index contributed by atoms with van der Waals surface area (Å²) in [5.74, 6) is 0.565. The lowest BCUT2D eigenvalue weighted by Crippen LogP contribution is -2.29. The fourth-order valence-corrected chi connectivity index (χ4v) is 3.49. The summed E-state index contributed by atoms with van der Waals surface area (Å²) in [5.41, 5.74) is 2.83. The Bertz CT molecular complexity index is 740. The second-order valence-electron chi connectivity index (χ2n) is 6.96. The Morgan fingerprint density at radius 2 is 1.65 bits per heavy atom. The van der Waals surface area contributed by atoms with Crippen molar-refractivity contribution < 1.29 is 14.7 Å².